The van der Waals surface area contributed by atoms with Crippen LogP contribution in [0.3, 0.4) is 0 Å². The molecule has 15 rings (SSSR count). The summed E-state index contributed by atoms with van der Waals surface area (Å²) in [5, 5.41) is 2.50. The number of nitrogens with zero attached hydrogens (tertiary/aromatic N) is 2. The molecule has 13 aromatic rings. The molecule has 0 aliphatic carbocycles. The Morgan fingerprint density at radius 3 is 1.36 bits per heavy atom. The second kappa shape index (κ2) is 19.2. The summed E-state index contributed by atoms with van der Waals surface area (Å²) < 4.78 is 2.51. The lowest BCUT2D eigenvalue weighted by Crippen LogP contribution is -2.60. The van der Waals surface area contributed by atoms with E-state index in [-0.39, 0.29) is 12.1 Å². The van der Waals surface area contributed by atoms with Crippen LogP contribution in [-0.4, -0.2) is 11.3 Å². The van der Waals surface area contributed by atoms with E-state index < -0.39 is 0 Å². The first-order chi connectivity index (χ1) is 39.3. The fraction of sp³-hybridized carbons (Fsp3) is 0.0526. The van der Waals surface area contributed by atoms with E-state index in [2.05, 4.69) is 309 Å². The highest BCUT2D eigenvalue weighted by Crippen LogP contribution is 2.53. The smallest absolute Gasteiger partial charge is 0.249 e. The molecule has 0 saturated heterocycles. The van der Waals surface area contributed by atoms with Gasteiger partial charge in [0.2, 0.25) is 6.71 Å². The molecule has 0 saturated carbocycles. The number of fused-ring (bicyclic) bond motifs is 7. The maximum atomic E-state index is 2.66. The maximum Gasteiger partial charge on any atom is 0.249 e. The molecule has 0 unspecified atom stereocenters. The first-order valence-electron chi connectivity index (χ1n) is 27.8. The third kappa shape index (κ3) is 8.04. The summed E-state index contributed by atoms with van der Waals surface area (Å²) in [6.07, 6.45) is 0. The van der Waals surface area contributed by atoms with Gasteiger partial charge in [0, 0.05) is 48.8 Å². The third-order valence-corrected chi connectivity index (χ3v) is 17.8. The predicted octanol–water partition coefficient (Wildman–Crippen LogP) is 18.8. The number of para-hydroxylation sites is 2. The fourth-order valence-corrected chi connectivity index (χ4v) is 14.1. The van der Waals surface area contributed by atoms with Gasteiger partial charge in [-0.25, -0.2) is 0 Å². The van der Waals surface area contributed by atoms with Crippen LogP contribution in [0.1, 0.15) is 26.3 Å². The van der Waals surface area contributed by atoms with Gasteiger partial charge >= 0.3 is 0 Å². The molecule has 0 fully saturated rings. The molecule has 1 aromatic heterocycles. The average molecular weight is 1040 g/mol. The van der Waals surface area contributed by atoms with Gasteiger partial charge in [-0.3, -0.25) is 0 Å². The highest BCUT2D eigenvalue weighted by molar-refractivity contribution is 8.00. The van der Waals surface area contributed by atoms with Crippen molar-refractivity contribution in [1.82, 2.24) is 4.57 Å². The summed E-state index contributed by atoms with van der Waals surface area (Å²) in [5.41, 5.74) is 26.5. The second-order valence-corrected chi connectivity index (χ2v) is 23.5. The van der Waals surface area contributed by atoms with Crippen LogP contribution in [0.25, 0.3) is 94.3 Å². The minimum Gasteiger partial charge on any atom is -0.310 e. The van der Waals surface area contributed by atoms with Crippen molar-refractivity contribution in [2.45, 2.75) is 36.0 Å². The molecule has 4 heteroatoms. The van der Waals surface area contributed by atoms with Crippen molar-refractivity contribution in [1.29, 1.82) is 0 Å². The average Bonchev–Trinajstić information content (AvgIpc) is 3.15. The topological polar surface area (TPSA) is 8.17 Å². The Morgan fingerprint density at radius 2 is 0.812 bits per heavy atom. The molecule has 2 aliphatic heterocycles. The van der Waals surface area contributed by atoms with E-state index in [0.717, 1.165) is 28.2 Å². The molecule has 2 nitrogen and oxygen atoms in total. The number of hydrogen-bond acceptors (Lipinski definition) is 2. The van der Waals surface area contributed by atoms with Crippen LogP contribution in [0.15, 0.2) is 289 Å². The minimum absolute atomic E-state index is 0.0196. The maximum absolute atomic E-state index is 2.66. The van der Waals surface area contributed by atoms with Crippen LogP contribution in [0.2, 0.25) is 0 Å². The van der Waals surface area contributed by atoms with Gasteiger partial charge in [0.05, 0.1) is 16.7 Å². The van der Waals surface area contributed by atoms with Crippen LogP contribution >= 0.6 is 11.8 Å². The molecule has 0 atom stereocenters. The first-order valence-corrected chi connectivity index (χ1v) is 28.7. The van der Waals surface area contributed by atoms with Crippen molar-refractivity contribution in [3.8, 4) is 72.4 Å². The van der Waals surface area contributed by atoms with E-state index in [4.69, 9.17) is 0 Å². The number of aromatic nitrogens is 1. The molecule has 378 valence electrons. The van der Waals surface area contributed by atoms with E-state index in [9.17, 15) is 0 Å². The van der Waals surface area contributed by atoms with Gasteiger partial charge in [-0.1, -0.05) is 262 Å². The summed E-state index contributed by atoms with van der Waals surface area (Å²) in [7, 11) is 0. The van der Waals surface area contributed by atoms with E-state index in [0.29, 0.717) is 0 Å². The molecule has 0 bridgehead atoms. The van der Waals surface area contributed by atoms with Crippen LogP contribution in [-0.2, 0) is 5.41 Å². The number of benzene rings is 12. The zero-order chi connectivity index (χ0) is 53.5. The normalized spacial score (nSPS) is 12.6. The predicted molar refractivity (Wildman–Crippen MR) is 342 cm³/mol. The first kappa shape index (κ1) is 47.8. The lowest BCUT2D eigenvalue weighted by molar-refractivity contribution is 0.590. The van der Waals surface area contributed by atoms with Crippen LogP contribution in [0, 0.1) is 0 Å². The van der Waals surface area contributed by atoms with Gasteiger partial charge in [0.25, 0.3) is 0 Å². The largest absolute Gasteiger partial charge is 0.310 e. The van der Waals surface area contributed by atoms with Crippen LogP contribution in [0.5, 0.6) is 0 Å². The van der Waals surface area contributed by atoms with Gasteiger partial charge in [-0.2, -0.15) is 0 Å². The monoisotopic (exact) mass is 1040 g/mol. The summed E-state index contributed by atoms with van der Waals surface area (Å²) in [6.45, 7) is 6.76. The SMILES string of the molecule is CC(C)(C)c1ccc(-c2cc3c4c(c2)N(c2c(-c5ccccc5)cc(-c5ccccc5)cc2-c2ccccc2)c2ccc(-c5ccccc5)cc2B4c2cc(-n4c5ccccc5c5ccccc54)cc(-c4ccccc4)c2S3)cc1. The minimum atomic E-state index is -0.136. The van der Waals surface area contributed by atoms with Crippen molar-refractivity contribution in [3.63, 3.8) is 0 Å². The van der Waals surface area contributed by atoms with Crippen molar-refractivity contribution >= 4 is 73.7 Å². The molecule has 80 heavy (non-hydrogen) atoms. The van der Waals surface area contributed by atoms with Crippen LogP contribution in [0.4, 0.5) is 17.1 Å². The number of hydrogen-bond donors (Lipinski definition) is 0. The Labute approximate surface area is 473 Å². The number of anilines is 3. The Morgan fingerprint density at radius 1 is 0.350 bits per heavy atom. The molecule has 0 N–H and O–H groups in total. The van der Waals surface area contributed by atoms with Gasteiger partial charge in [0.1, 0.15) is 0 Å². The number of rotatable bonds is 8. The third-order valence-electron chi connectivity index (χ3n) is 16.6. The summed E-state index contributed by atoms with van der Waals surface area (Å²) in [6, 6.07) is 104. The summed E-state index contributed by atoms with van der Waals surface area (Å²) in [5.74, 6) is 0. The molecule has 0 amide bonds. The Kier molecular flexibility index (Phi) is 11.5. The molecular weight excluding hydrogens is 984 g/mol. The molecule has 2 aliphatic rings. The van der Waals surface area contributed by atoms with E-state index >= 15 is 0 Å². The van der Waals surface area contributed by atoms with E-state index in [1.54, 1.807) is 0 Å². The molecule has 0 radical (unpaired) electrons. The van der Waals surface area contributed by atoms with Gasteiger partial charge in [-0.15, -0.1) is 0 Å². The van der Waals surface area contributed by atoms with E-state index in [1.165, 1.54) is 115 Å². The van der Waals surface area contributed by atoms with Gasteiger partial charge < -0.3 is 9.47 Å². The quantitative estimate of drug-likeness (QED) is 0.140. The molecular formula is C76H55BN2S. The van der Waals surface area contributed by atoms with Crippen molar-refractivity contribution in [2.24, 2.45) is 0 Å². The van der Waals surface area contributed by atoms with Crippen molar-refractivity contribution < 1.29 is 0 Å². The molecule has 12 aromatic carbocycles. The standard InChI is InChI=1S/C76H55BN2S/c1-76(2,3)59-40-37-52(38-41-59)58-46-71-73-72(47-58)80-75-65(55-31-17-8-18-32-55)48-60(78-68-35-21-19-33-61(68)62-34-20-22-36-69(62)78)49-67(75)77(73)66-45-56(50-23-9-4-10-24-50)39-42-70(66)79(71)74-63(53-27-13-6-14-28-53)43-57(51-25-11-5-12-26-51)44-64(74)54-29-15-7-16-30-54/h4-49H,1-3H3. The second-order valence-electron chi connectivity index (χ2n) is 22.4. The lowest BCUT2D eigenvalue weighted by Gasteiger charge is -2.42. The zero-order valence-corrected chi connectivity index (χ0v) is 45.8. The highest BCUT2D eigenvalue weighted by atomic mass is 32.2. The van der Waals surface area contributed by atoms with Crippen LogP contribution < -0.4 is 21.3 Å². The summed E-state index contributed by atoms with van der Waals surface area (Å²) in [4.78, 5) is 5.21. The van der Waals surface area contributed by atoms with Gasteiger partial charge in [0.15, 0.2) is 0 Å². The Hall–Kier alpha value is -9.35. The molecule has 3 heterocycles. The Balaban J connectivity index is 1.09. The van der Waals surface area contributed by atoms with Gasteiger partial charge in [-0.05, 0) is 132 Å². The van der Waals surface area contributed by atoms with E-state index in [1.807, 2.05) is 11.8 Å². The Bertz CT molecular complexity index is 4390. The summed E-state index contributed by atoms with van der Waals surface area (Å²) >= 11 is 1.94. The lowest BCUT2D eigenvalue weighted by atomic mass is 9.34. The van der Waals surface area contributed by atoms with Crippen molar-refractivity contribution in [2.75, 3.05) is 4.90 Å². The van der Waals surface area contributed by atoms with Crippen molar-refractivity contribution in [3.05, 3.63) is 285 Å². The highest BCUT2D eigenvalue weighted by Gasteiger charge is 2.44. The molecule has 0 spiro atoms. The fourth-order valence-electron chi connectivity index (χ4n) is 12.7. The zero-order valence-electron chi connectivity index (χ0n) is 44.9.